The molecule has 2 aliphatic rings. The van der Waals surface area contributed by atoms with Crippen molar-refractivity contribution in [3.8, 4) is 0 Å². The van der Waals surface area contributed by atoms with Crippen LogP contribution < -0.4 is 10.6 Å². The molecule has 0 bridgehead atoms. The minimum absolute atomic E-state index is 0.0565. The summed E-state index contributed by atoms with van der Waals surface area (Å²) in [7, 11) is 1.40. The number of carbonyl (C=O) groups excluding carboxylic acids is 2. The highest BCUT2D eigenvalue weighted by atomic mass is 16.5. The third-order valence-electron chi connectivity index (χ3n) is 5.08. The number of pyridine rings is 1. The first-order valence-electron chi connectivity index (χ1n) is 9.44. The number of nitrogens with zero attached hydrogens (tertiary/aromatic N) is 2. The quantitative estimate of drug-likeness (QED) is 0.867. The molecule has 1 atom stereocenters. The molecule has 7 heteroatoms. The molecule has 7 nitrogen and oxygen atoms in total. The molecule has 2 heterocycles. The Labute approximate surface area is 158 Å². The lowest BCUT2D eigenvalue weighted by atomic mass is 10.1. The molecule has 0 radical (unpaired) electrons. The van der Waals surface area contributed by atoms with Gasteiger partial charge in [-0.15, -0.1) is 0 Å². The monoisotopic (exact) mass is 368 g/mol. The number of likely N-dealkylation sites (tertiary alicyclic amines) is 1. The van der Waals surface area contributed by atoms with E-state index in [2.05, 4.69) is 15.6 Å². The van der Waals surface area contributed by atoms with Gasteiger partial charge in [-0.25, -0.2) is 9.78 Å². The van der Waals surface area contributed by atoms with Crippen LogP contribution in [-0.2, 0) is 4.74 Å². The maximum Gasteiger partial charge on any atom is 0.409 e. The predicted octanol–water partition coefficient (Wildman–Crippen LogP) is 2.77. The molecule has 1 aliphatic heterocycles. The highest BCUT2D eigenvalue weighted by Crippen LogP contribution is 2.25. The molecule has 2 N–H and O–H groups in total. The Bertz CT molecular complexity index is 865. The fraction of sp³-hybridized carbons (Fsp3) is 0.450. The van der Waals surface area contributed by atoms with Crippen LogP contribution in [-0.4, -0.2) is 54.2 Å². The van der Waals surface area contributed by atoms with E-state index in [9.17, 15) is 9.59 Å². The van der Waals surface area contributed by atoms with Gasteiger partial charge in [0.05, 0.1) is 18.2 Å². The van der Waals surface area contributed by atoms with Crippen molar-refractivity contribution in [2.24, 2.45) is 0 Å². The average molecular weight is 368 g/mol. The molecule has 4 rings (SSSR count). The van der Waals surface area contributed by atoms with E-state index in [1.54, 1.807) is 4.90 Å². The van der Waals surface area contributed by atoms with Gasteiger partial charge >= 0.3 is 6.09 Å². The summed E-state index contributed by atoms with van der Waals surface area (Å²) >= 11 is 0. The number of benzene rings is 1. The molecule has 1 unspecified atom stereocenters. The van der Waals surface area contributed by atoms with Gasteiger partial charge in [-0.1, -0.05) is 18.2 Å². The molecule has 142 valence electrons. The lowest BCUT2D eigenvalue weighted by Gasteiger charge is -2.32. The minimum atomic E-state index is -0.308. The highest BCUT2D eigenvalue weighted by molar-refractivity contribution is 6.07. The van der Waals surface area contributed by atoms with Crippen LogP contribution in [0.2, 0.25) is 0 Å². The topological polar surface area (TPSA) is 83.6 Å². The van der Waals surface area contributed by atoms with E-state index in [1.807, 2.05) is 30.3 Å². The molecule has 1 aromatic heterocycles. The number of hydrogen-bond acceptors (Lipinski definition) is 5. The second kappa shape index (κ2) is 7.42. The van der Waals surface area contributed by atoms with Gasteiger partial charge in [-0.05, 0) is 37.8 Å². The Morgan fingerprint density at radius 3 is 2.78 bits per heavy atom. The summed E-state index contributed by atoms with van der Waals surface area (Å²) in [6.07, 6.45) is 3.62. The molecule has 1 aliphatic carbocycles. The molecule has 0 spiro atoms. The maximum absolute atomic E-state index is 12.7. The van der Waals surface area contributed by atoms with Crippen LogP contribution in [0.3, 0.4) is 0 Å². The first-order valence-corrected chi connectivity index (χ1v) is 9.44. The van der Waals surface area contributed by atoms with Crippen molar-refractivity contribution in [2.45, 2.75) is 37.8 Å². The zero-order valence-corrected chi connectivity index (χ0v) is 15.4. The van der Waals surface area contributed by atoms with E-state index in [-0.39, 0.29) is 18.0 Å². The van der Waals surface area contributed by atoms with E-state index >= 15 is 0 Å². The van der Waals surface area contributed by atoms with Gasteiger partial charge in [0.2, 0.25) is 0 Å². The molecule has 2 aromatic rings. The fourth-order valence-corrected chi connectivity index (χ4v) is 3.53. The van der Waals surface area contributed by atoms with Gasteiger partial charge < -0.3 is 20.3 Å². The largest absolute Gasteiger partial charge is 0.453 e. The van der Waals surface area contributed by atoms with Crippen LogP contribution in [0.15, 0.2) is 30.3 Å². The molecule has 2 amide bonds. The second-order valence-electron chi connectivity index (χ2n) is 7.22. The highest BCUT2D eigenvalue weighted by Gasteiger charge is 2.26. The van der Waals surface area contributed by atoms with Gasteiger partial charge in [-0.3, -0.25) is 4.79 Å². The number of methoxy groups -OCH3 is 1. The van der Waals surface area contributed by atoms with Gasteiger partial charge in [0.25, 0.3) is 5.91 Å². The van der Waals surface area contributed by atoms with Gasteiger partial charge in [0.1, 0.15) is 5.82 Å². The van der Waals surface area contributed by atoms with Crippen molar-refractivity contribution in [1.82, 2.24) is 15.2 Å². The van der Waals surface area contributed by atoms with E-state index in [1.165, 1.54) is 7.11 Å². The number of aromatic nitrogens is 1. The Kier molecular flexibility index (Phi) is 4.83. The Balaban J connectivity index is 1.58. The number of ether oxygens (including phenoxy) is 1. The standard InChI is InChI=1S/C20H24N4O3/c1-27-20(26)24-10-4-5-14(12-24)21-18-11-16(19(25)22-13-8-9-13)15-6-2-3-7-17(15)23-18/h2-3,6-7,11,13-14H,4-5,8-10,12H2,1H3,(H,21,23)(H,22,25). The van der Waals surface area contributed by atoms with Gasteiger partial charge in [0, 0.05) is 30.6 Å². The Morgan fingerprint density at radius 1 is 1.19 bits per heavy atom. The van der Waals surface area contributed by atoms with Crippen LogP contribution >= 0.6 is 0 Å². The zero-order chi connectivity index (χ0) is 18.8. The van der Waals surface area contributed by atoms with Crippen molar-refractivity contribution < 1.29 is 14.3 Å². The molecule has 2 fully saturated rings. The predicted molar refractivity (Wildman–Crippen MR) is 103 cm³/mol. The van der Waals surface area contributed by atoms with Crippen LogP contribution in [0.5, 0.6) is 0 Å². The van der Waals surface area contributed by atoms with Crippen LogP contribution in [0.25, 0.3) is 10.9 Å². The minimum Gasteiger partial charge on any atom is -0.453 e. The first-order chi connectivity index (χ1) is 13.1. The smallest absolute Gasteiger partial charge is 0.409 e. The van der Waals surface area contributed by atoms with Crippen LogP contribution in [0, 0.1) is 0 Å². The van der Waals surface area contributed by atoms with Crippen molar-refractivity contribution in [1.29, 1.82) is 0 Å². The number of rotatable bonds is 4. The summed E-state index contributed by atoms with van der Waals surface area (Å²) < 4.78 is 4.83. The van der Waals surface area contributed by atoms with E-state index in [0.29, 0.717) is 30.5 Å². The van der Waals surface area contributed by atoms with Crippen molar-refractivity contribution in [3.05, 3.63) is 35.9 Å². The van der Waals surface area contributed by atoms with Gasteiger partial charge in [0.15, 0.2) is 0 Å². The van der Waals surface area contributed by atoms with Crippen molar-refractivity contribution in [2.75, 3.05) is 25.5 Å². The number of nitrogens with one attached hydrogen (secondary N) is 2. The first kappa shape index (κ1) is 17.6. The molecule has 1 saturated carbocycles. The molecular weight excluding hydrogens is 344 g/mol. The second-order valence-corrected chi connectivity index (χ2v) is 7.22. The Morgan fingerprint density at radius 2 is 2.00 bits per heavy atom. The number of hydrogen-bond donors (Lipinski definition) is 2. The van der Waals surface area contributed by atoms with Crippen molar-refractivity contribution >= 4 is 28.7 Å². The summed E-state index contributed by atoms with van der Waals surface area (Å²) in [4.78, 5) is 30.9. The molecular formula is C20H24N4O3. The molecule has 1 saturated heterocycles. The summed E-state index contributed by atoms with van der Waals surface area (Å²) in [5, 5.41) is 7.31. The normalized spacial score (nSPS) is 19.6. The lowest BCUT2D eigenvalue weighted by Crippen LogP contribution is -2.45. The Hall–Kier alpha value is -2.83. The van der Waals surface area contributed by atoms with Crippen molar-refractivity contribution in [3.63, 3.8) is 0 Å². The summed E-state index contributed by atoms with van der Waals surface area (Å²) in [6.45, 7) is 1.26. The van der Waals surface area contributed by atoms with Crippen LogP contribution in [0.1, 0.15) is 36.0 Å². The third kappa shape index (κ3) is 3.97. The SMILES string of the molecule is COC(=O)N1CCCC(Nc2cc(C(=O)NC3CC3)c3ccccc3n2)C1. The maximum atomic E-state index is 12.7. The number of para-hydroxylation sites is 1. The number of amides is 2. The number of carbonyl (C=O) groups is 2. The molecule has 1 aromatic carbocycles. The zero-order valence-electron chi connectivity index (χ0n) is 15.4. The lowest BCUT2D eigenvalue weighted by molar-refractivity contribution is 0.0952. The third-order valence-corrected chi connectivity index (χ3v) is 5.08. The average Bonchev–Trinajstić information content (AvgIpc) is 3.51. The summed E-state index contributed by atoms with van der Waals surface area (Å²) in [5.74, 6) is 0.602. The van der Waals surface area contributed by atoms with E-state index in [4.69, 9.17) is 4.74 Å². The number of fused-ring (bicyclic) bond motifs is 1. The number of anilines is 1. The number of piperidine rings is 1. The van der Waals surface area contributed by atoms with E-state index in [0.717, 1.165) is 36.6 Å². The summed E-state index contributed by atoms with van der Waals surface area (Å²) in [5.41, 5.74) is 1.42. The fourth-order valence-electron chi connectivity index (χ4n) is 3.53. The van der Waals surface area contributed by atoms with E-state index < -0.39 is 0 Å². The molecule has 27 heavy (non-hydrogen) atoms. The van der Waals surface area contributed by atoms with Crippen LogP contribution in [0.4, 0.5) is 10.6 Å². The summed E-state index contributed by atoms with van der Waals surface area (Å²) in [6, 6.07) is 9.86. The van der Waals surface area contributed by atoms with Gasteiger partial charge in [-0.2, -0.15) is 0 Å².